The summed E-state index contributed by atoms with van der Waals surface area (Å²) in [5, 5.41) is 41.0. The molecule has 0 saturated carbocycles. The Morgan fingerprint density at radius 3 is 2.32 bits per heavy atom. The van der Waals surface area contributed by atoms with Gasteiger partial charge in [0.1, 0.15) is 34.8 Å². The maximum atomic E-state index is 12.1. The highest BCUT2D eigenvalue weighted by Crippen LogP contribution is 2.36. The Morgan fingerprint density at radius 2 is 1.71 bits per heavy atom. The van der Waals surface area contributed by atoms with Crippen LogP contribution >= 0.6 is 0 Å². The van der Waals surface area contributed by atoms with E-state index in [2.05, 4.69) is 4.98 Å². The minimum atomic E-state index is -0.828. The molecule has 3 rings (SSSR count). The number of aromatic amines is 1. The third-order valence-electron chi connectivity index (χ3n) is 4.17. The molecule has 0 radical (unpaired) electrons. The number of anilines is 1. The fraction of sp³-hybridized carbons (Fsp3) is 0. The molecule has 0 amide bonds. The van der Waals surface area contributed by atoms with Gasteiger partial charge in [0, 0.05) is 11.6 Å². The lowest BCUT2D eigenvalue weighted by atomic mass is 9.96. The highest BCUT2D eigenvalue weighted by atomic mass is 16.6. The molecule has 0 aliphatic rings. The molecule has 1 aromatic heterocycles. The van der Waals surface area contributed by atoms with Gasteiger partial charge in [-0.05, 0) is 23.8 Å². The van der Waals surface area contributed by atoms with Crippen molar-refractivity contribution in [2.75, 3.05) is 5.73 Å². The van der Waals surface area contributed by atoms with Crippen LogP contribution in [-0.2, 0) is 0 Å². The van der Waals surface area contributed by atoms with Gasteiger partial charge in [-0.25, -0.2) is 0 Å². The highest BCUT2D eigenvalue weighted by Gasteiger charge is 2.22. The van der Waals surface area contributed by atoms with Crippen LogP contribution in [0.25, 0.3) is 11.1 Å². The zero-order valence-corrected chi connectivity index (χ0v) is 15.4. The summed E-state index contributed by atoms with van der Waals surface area (Å²) < 4.78 is 5.53. The molecule has 0 aliphatic carbocycles. The molecule has 0 atom stereocenters. The highest BCUT2D eigenvalue weighted by molar-refractivity contribution is 5.80. The SMILES string of the molecule is N#Cc1c(N)[nH]c(=O)c(C#N)c1-c1cccc(Oc2ccc([N+](=O)[O-])cc2[N+](=O)[O-])c1. The second-order valence-electron chi connectivity index (χ2n) is 6.01. The summed E-state index contributed by atoms with van der Waals surface area (Å²) in [6.07, 6.45) is 0. The number of nitrogens with two attached hydrogens (primary N) is 1. The minimum Gasteiger partial charge on any atom is -0.450 e. The van der Waals surface area contributed by atoms with Gasteiger partial charge in [0.2, 0.25) is 5.75 Å². The van der Waals surface area contributed by atoms with Gasteiger partial charge < -0.3 is 15.5 Å². The summed E-state index contributed by atoms with van der Waals surface area (Å²) in [4.78, 5) is 34.9. The Balaban J connectivity index is 2.13. The number of nitro groups is 2. The molecule has 12 nitrogen and oxygen atoms in total. The van der Waals surface area contributed by atoms with E-state index in [4.69, 9.17) is 10.5 Å². The number of nitrogens with one attached hydrogen (secondary N) is 1. The summed E-state index contributed by atoms with van der Waals surface area (Å²) in [7, 11) is 0. The van der Waals surface area contributed by atoms with Gasteiger partial charge >= 0.3 is 5.69 Å². The van der Waals surface area contributed by atoms with Gasteiger partial charge in [0.25, 0.3) is 11.2 Å². The molecule has 1 heterocycles. The maximum Gasteiger partial charge on any atom is 0.318 e. The molecule has 0 bridgehead atoms. The largest absolute Gasteiger partial charge is 0.450 e. The van der Waals surface area contributed by atoms with Crippen molar-refractivity contribution in [2.24, 2.45) is 0 Å². The summed E-state index contributed by atoms with van der Waals surface area (Å²) >= 11 is 0. The molecular formula is C19H10N6O6. The zero-order chi connectivity index (χ0) is 22.7. The average molecular weight is 418 g/mol. The standard InChI is InChI=1S/C19H10N6O6/c20-8-13-17(14(9-21)19(26)23-18(13)22)10-2-1-3-12(6-10)31-16-5-4-11(24(27)28)7-15(16)25(29)30/h1-7H,(H3,22,23,26). The predicted molar refractivity (Wildman–Crippen MR) is 106 cm³/mol. The minimum absolute atomic E-state index is 0.0186. The van der Waals surface area contributed by atoms with Crippen LogP contribution in [0.3, 0.4) is 0 Å². The Hall–Kier alpha value is -5.23. The molecule has 3 N–H and O–H groups in total. The molecule has 0 aliphatic heterocycles. The van der Waals surface area contributed by atoms with Crippen molar-refractivity contribution in [3.63, 3.8) is 0 Å². The van der Waals surface area contributed by atoms with E-state index in [-0.39, 0.29) is 39.6 Å². The van der Waals surface area contributed by atoms with Gasteiger partial charge in [-0.1, -0.05) is 12.1 Å². The first-order valence-electron chi connectivity index (χ1n) is 8.34. The number of aromatic nitrogens is 1. The fourth-order valence-corrected chi connectivity index (χ4v) is 2.82. The molecule has 152 valence electrons. The van der Waals surface area contributed by atoms with Crippen LogP contribution in [0.5, 0.6) is 11.5 Å². The third-order valence-corrected chi connectivity index (χ3v) is 4.17. The van der Waals surface area contributed by atoms with Crippen molar-refractivity contribution in [2.45, 2.75) is 0 Å². The number of rotatable bonds is 5. The summed E-state index contributed by atoms with van der Waals surface area (Å²) in [6.45, 7) is 0. The molecule has 31 heavy (non-hydrogen) atoms. The van der Waals surface area contributed by atoms with E-state index in [0.717, 1.165) is 18.2 Å². The number of H-pyrrole nitrogens is 1. The molecule has 0 saturated heterocycles. The van der Waals surface area contributed by atoms with Crippen molar-refractivity contribution in [1.82, 2.24) is 4.98 Å². The number of pyridine rings is 1. The van der Waals surface area contributed by atoms with Gasteiger partial charge in [0.15, 0.2) is 0 Å². The first-order valence-corrected chi connectivity index (χ1v) is 8.34. The van der Waals surface area contributed by atoms with Gasteiger partial charge in [0.05, 0.1) is 15.9 Å². The molecule has 12 heteroatoms. The van der Waals surface area contributed by atoms with E-state index >= 15 is 0 Å². The maximum absolute atomic E-state index is 12.1. The lowest BCUT2D eigenvalue weighted by Gasteiger charge is -2.11. The van der Waals surface area contributed by atoms with Crippen molar-refractivity contribution >= 4 is 17.2 Å². The molecule has 0 unspecified atom stereocenters. The number of nitriles is 2. The molecule has 3 aromatic rings. The van der Waals surface area contributed by atoms with Crippen LogP contribution < -0.4 is 16.0 Å². The summed E-state index contributed by atoms with van der Waals surface area (Å²) in [5.74, 6) is -0.431. The van der Waals surface area contributed by atoms with Crippen LogP contribution in [0.1, 0.15) is 11.1 Å². The summed E-state index contributed by atoms with van der Waals surface area (Å²) in [5.41, 5.74) is 3.54. The Kier molecular flexibility index (Phi) is 5.31. The lowest BCUT2D eigenvalue weighted by molar-refractivity contribution is -0.394. The first-order chi connectivity index (χ1) is 14.8. The molecule has 0 fully saturated rings. The third kappa shape index (κ3) is 3.85. The van der Waals surface area contributed by atoms with E-state index in [1.165, 1.54) is 24.3 Å². The molecule has 0 spiro atoms. The van der Waals surface area contributed by atoms with Crippen LogP contribution in [0.4, 0.5) is 17.2 Å². The smallest absolute Gasteiger partial charge is 0.318 e. The van der Waals surface area contributed by atoms with Crippen LogP contribution in [0, 0.1) is 42.9 Å². The average Bonchev–Trinajstić information content (AvgIpc) is 2.73. The van der Waals surface area contributed by atoms with Crippen molar-refractivity contribution in [3.05, 3.63) is 84.2 Å². The fourth-order valence-electron chi connectivity index (χ4n) is 2.82. The Labute approximate surface area is 172 Å². The lowest BCUT2D eigenvalue weighted by Crippen LogP contribution is -2.16. The predicted octanol–water partition coefficient (Wildman–Crippen LogP) is 2.98. The Morgan fingerprint density at radius 1 is 1.00 bits per heavy atom. The van der Waals surface area contributed by atoms with E-state index in [0.29, 0.717) is 0 Å². The van der Waals surface area contributed by atoms with Gasteiger partial charge in [-0.3, -0.25) is 25.0 Å². The van der Waals surface area contributed by atoms with Crippen LogP contribution in [-0.4, -0.2) is 14.8 Å². The number of benzene rings is 2. The van der Waals surface area contributed by atoms with Crippen molar-refractivity contribution in [1.29, 1.82) is 10.5 Å². The van der Waals surface area contributed by atoms with E-state index in [1.807, 2.05) is 6.07 Å². The number of hydrogen-bond acceptors (Lipinski definition) is 9. The topological polar surface area (TPSA) is 202 Å². The van der Waals surface area contributed by atoms with Crippen molar-refractivity contribution in [3.8, 4) is 34.8 Å². The molecular weight excluding hydrogens is 408 g/mol. The van der Waals surface area contributed by atoms with Crippen LogP contribution in [0.15, 0.2) is 47.3 Å². The number of ether oxygens (including phenoxy) is 1. The number of nitrogens with zero attached hydrogens (tertiary/aromatic N) is 4. The number of nitro benzene ring substituents is 2. The van der Waals surface area contributed by atoms with E-state index in [9.17, 15) is 35.5 Å². The second-order valence-corrected chi connectivity index (χ2v) is 6.01. The van der Waals surface area contributed by atoms with E-state index in [1.54, 1.807) is 6.07 Å². The quantitative estimate of drug-likeness (QED) is 0.461. The monoisotopic (exact) mass is 418 g/mol. The number of non-ortho nitro benzene ring substituents is 1. The second kappa shape index (κ2) is 8.02. The summed E-state index contributed by atoms with van der Waals surface area (Å²) in [6, 6.07) is 12.2. The molecule has 2 aromatic carbocycles. The first kappa shape index (κ1) is 20.5. The zero-order valence-electron chi connectivity index (χ0n) is 15.4. The number of nitrogen functional groups attached to an aromatic ring is 1. The van der Waals surface area contributed by atoms with E-state index < -0.39 is 26.8 Å². The van der Waals surface area contributed by atoms with Crippen LogP contribution in [0.2, 0.25) is 0 Å². The normalized spacial score (nSPS) is 10.0. The number of hydrogen-bond donors (Lipinski definition) is 2. The van der Waals surface area contributed by atoms with Gasteiger partial charge in [-0.2, -0.15) is 10.5 Å². The Bertz CT molecular complexity index is 1380. The van der Waals surface area contributed by atoms with Crippen molar-refractivity contribution < 1.29 is 14.6 Å². The van der Waals surface area contributed by atoms with Gasteiger partial charge in [-0.15, -0.1) is 0 Å².